The van der Waals surface area contributed by atoms with E-state index in [4.69, 9.17) is 14.2 Å². The highest BCUT2D eigenvalue weighted by atomic mass is 16.5. The number of hydrogen-bond donors (Lipinski definition) is 1. The van der Waals surface area contributed by atoms with Crippen LogP contribution in [0.4, 0.5) is 0 Å². The van der Waals surface area contributed by atoms with Crippen LogP contribution in [0.3, 0.4) is 0 Å². The third kappa shape index (κ3) is 4.42. The van der Waals surface area contributed by atoms with Crippen LogP contribution in [-0.4, -0.2) is 33.0 Å². The van der Waals surface area contributed by atoms with Crippen LogP contribution in [0.5, 0.6) is 5.75 Å². The van der Waals surface area contributed by atoms with Gasteiger partial charge >= 0.3 is 0 Å². The van der Waals surface area contributed by atoms with Gasteiger partial charge in [0.15, 0.2) is 5.76 Å². The summed E-state index contributed by atoms with van der Waals surface area (Å²) in [6.45, 7) is 4.02. The molecular formula is C25H25N5O2. The average Bonchev–Trinajstić information content (AvgIpc) is 3.47. The van der Waals surface area contributed by atoms with E-state index in [1.807, 2.05) is 71.9 Å². The summed E-state index contributed by atoms with van der Waals surface area (Å²) in [5.41, 5.74) is 4.76. The Kier molecular flexibility index (Phi) is 5.70. The Morgan fingerprint density at radius 1 is 1.06 bits per heavy atom. The number of hydrogen-bond acceptors (Lipinski definition) is 6. The van der Waals surface area contributed by atoms with E-state index in [2.05, 4.69) is 22.2 Å². The molecule has 0 unspecified atom stereocenters. The van der Waals surface area contributed by atoms with E-state index in [1.165, 1.54) is 0 Å². The molecule has 0 spiro atoms. The zero-order valence-corrected chi connectivity index (χ0v) is 18.0. The summed E-state index contributed by atoms with van der Waals surface area (Å²) >= 11 is 0. The summed E-state index contributed by atoms with van der Waals surface area (Å²) in [5.74, 6) is 2.48. The van der Waals surface area contributed by atoms with Gasteiger partial charge in [-0.15, -0.1) is 0 Å². The van der Waals surface area contributed by atoms with Gasteiger partial charge in [-0.3, -0.25) is 5.01 Å². The predicted molar refractivity (Wildman–Crippen MR) is 123 cm³/mol. The summed E-state index contributed by atoms with van der Waals surface area (Å²) in [6, 6.07) is 20.0. The summed E-state index contributed by atoms with van der Waals surface area (Å²) in [4.78, 5) is 8.10. The van der Waals surface area contributed by atoms with Crippen molar-refractivity contribution in [1.29, 1.82) is 0 Å². The number of aromatic nitrogens is 3. The van der Waals surface area contributed by atoms with Crippen LogP contribution in [0.15, 0.2) is 70.3 Å². The van der Waals surface area contributed by atoms with Gasteiger partial charge in [0.05, 0.1) is 37.3 Å². The largest absolute Gasteiger partial charge is 0.494 e. The zero-order valence-electron chi connectivity index (χ0n) is 18.0. The molecule has 0 saturated heterocycles. The van der Waals surface area contributed by atoms with Gasteiger partial charge in [-0.25, -0.2) is 4.98 Å². The SMILES string of the molecule is CCCCOc1ccc(-c2cc(CN3Cc4nc(-c5ccccc5)[nH]c4C=N3)on2)cc1. The van der Waals surface area contributed by atoms with Gasteiger partial charge < -0.3 is 14.2 Å². The van der Waals surface area contributed by atoms with E-state index < -0.39 is 0 Å². The molecule has 3 heterocycles. The molecule has 1 N–H and O–H groups in total. The van der Waals surface area contributed by atoms with Crippen LogP contribution in [0.1, 0.15) is 36.9 Å². The molecular weight excluding hydrogens is 402 g/mol. The number of nitrogens with one attached hydrogen (secondary N) is 1. The first-order chi connectivity index (χ1) is 15.8. The lowest BCUT2D eigenvalue weighted by molar-refractivity contribution is 0.229. The molecule has 0 bridgehead atoms. The Morgan fingerprint density at radius 2 is 1.91 bits per heavy atom. The number of fused-ring (bicyclic) bond motifs is 1. The minimum atomic E-state index is 0.523. The van der Waals surface area contributed by atoms with Crippen molar-refractivity contribution in [3.63, 3.8) is 0 Å². The van der Waals surface area contributed by atoms with Gasteiger partial charge in [0, 0.05) is 17.2 Å². The van der Waals surface area contributed by atoms with E-state index in [-0.39, 0.29) is 0 Å². The standard InChI is InChI=1S/C25H25N5O2/c1-2-3-13-31-20-11-9-18(10-12-20)22-14-21(32-29-22)16-30-17-24-23(15-26-30)27-25(28-24)19-7-5-4-6-8-19/h4-12,14-15H,2-3,13,16-17H2,1H3,(H,27,28). The lowest BCUT2D eigenvalue weighted by atomic mass is 10.1. The molecule has 5 rings (SSSR count). The Morgan fingerprint density at radius 3 is 2.72 bits per heavy atom. The number of ether oxygens (including phenoxy) is 1. The van der Waals surface area contributed by atoms with Gasteiger partial charge in [0.2, 0.25) is 0 Å². The first-order valence-corrected chi connectivity index (χ1v) is 10.9. The van der Waals surface area contributed by atoms with Crippen LogP contribution < -0.4 is 4.74 Å². The molecule has 2 aromatic heterocycles. The van der Waals surface area contributed by atoms with Crippen molar-refractivity contribution in [2.24, 2.45) is 5.10 Å². The van der Waals surface area contributed by atoms with E-state index in [9.17, 15) is 0 Å². The number of benzene rings is 2. The second-order valence-corrected chi connectivity index (χ2v) is 7.78. The maximum Gasteiger partial charge on any atom is 0.158 e. The Bertz CT molecular complexity index is 1190. The van der Waals surface area contributed by atoms with Crippen LogP contribution in [0, 0.1) is 0 Å². The molecule has 1 aliphatic rings. The molecule has 0 atom stereocenters. The Labute approximate surface area is 186 Å². The highest BCUT2D eigenvalue weighted by Crippen LogP contribution is 2.25. The summed E-state index contributed by atoms with van der Waals surface area (Å²) in [7, 11) is 0. The fourth-order valence-corrected chi connectivity index (χ4v) is 3.59. The Hall–Kier alpha value is -3.87. The highest BCUT2D eigenvalue weighted by molar-refractivity contribution is 5.80. The maximum atomic E-state index is 5.73. The minimum absolute atomic E-state index is 0.523. The fraction of sp³-hybridized carbons (Fsp3) is 0.240. The van der Waals surface area contributed by atoms with Gasteiger partial charge in [-0.1, -0.05) is 48.8 Å². The smallest absolute Gasteiger partial charge is 0.158 e. The molecule has 0 aliphatic carbocycles. The third-order valence-corrected chi connectivity index (χ3v) is 5.35. The Balaban J connectivity index is 1.22. The molecule has 0 saturated carbocycles. The first kappa shape index (κ1) is 20.1. The summed E-state index contributed by atoms with van der Waals surface area (Å²) < 4.78 is 11.3. The molecule has 7 heteroatoms. The van der Waals surface area contributed by atoms with Crippen LogP contribution in [0.25, 0.3) is 22.6 Å². The first-order valence-electron chi connectivity index (χ1n) is 10.9. The van der Waals surface area contributed by atoms with Crippen molar-refractivity contribution in [2.75, 3.05) is 6.61 Å². The molecule has 0 amide bonds. The summed E-state index contributed by atoms with van der Waals surface area (Å²) in [6.07, 6.45) is 3.99. The minimum Gasteiger partial charge on any atom is -0.494 e. The number of rotatable bonds is 8. The molecule has 0 fully saturated rings. The van der Waals surface area contributed by atoms with Crippen molar-refractivity contribution < 1.29 is 9.26 Å². The molecule has 162 valence electrons. The number of imidazole rings is 1. The van der Waals surface area contributed by atoms with Crippen LogP contribution in [0.2, 0.25) is 0 Å². The van der Waals surface area contributed by atoms with Crippen molar-refractivity contribution in [1.82, 2.24) is 20.1 Å². The van der Waals surface area contributed by atoms with Gasteiger partial charge in [0.1, 0.15) is 17.3 Å². The van der Waals surface area contributed by atoms with E-state index >= 15 is 0 Å². The van der Waals surface area contributed by atoms with E-state index in [1.54, 1.807) is 0 Å². The predicted octanol–water partition coefficient (Wildman–Crippen LogP) is 5.26. The fourth-order valence-electron chi connectivity index (χ4n) is 3.59. The van der Waals surface area contributed by atoms with Crippen molar-refractivity contribution >= 4 is 6.21 Å². The number of H-pyrrole nitrogens is 1. The number of hydrazone groups is 1. The molecule has 4 aromatic rings. The third-order valence-electron chi connectivity index (χ3n) is 5.35. The second-order valence-electron chi connectivity index (χ2n) is 7.78. The lowest BCUT2D eigenvalue weighted by Crippen LogP contribution is -2.21. The summed E-state index contributed by atoms with van der Waals surface area (Å²) in [5, 5.41) is 10.7. The van der Waals surface area contributed by atoms with Crippen molar-refractivity contribution in [3.05, 3.63) is 77.8 Å². The molecule has 7 nitrogen and oxygen atoms in total. The second kappa shape index (κ2) is 9.09. The van der Waals surface area contributed by atoms with Crippen LogP contribution in [-0.2, 0) is 13.1 Å². The van der Waals surface area contributed by atoms with Gasteiger partial charge in [0.25, 0.3) is 0 Å². The molecule has 32 heavy (non-hydrogen) atoms. The highest BCUT2D eigenvalue weighted by Gasteiger charge is 2.19. The monoisotopic (exact) mass is 427 g/mol. The molecule has 2 aromatic carbocycles. The lowest BCUT2D eigenvalue weighted by Gasteiger charge is -2.19. The van der Waals surface area contributed by atoms with E-state index in [0.29, 0.717) is 13.1 Å². The van der Waals surface area contributed by atoms with Crippen molar-refractivity contribution in [3.8, 4) is 28.4 Å². The quantitative estimate of drug-likeness (QED) is 0.388. The molecule has 1 aliphatic heterocycles. The number of unbranched alkanes of at least 4 members (excludes halogenated alkanes) is 1. The topological polar surface area (TPSA) is 79.5 Å². The van der Waals surface area contributed by atoms with Gasteiger partial charge in [-0.2, -0.15) is 5.10 Å². The van der Waals surface area contributed by atoms with Crippen molar-refractivity contribution in [2.45, 2.75) is 32.9 Å². The number of nitrogens with zero attached hydrogens (tertiary/aromatic N) is 4. The maximum absolute atomic E-state index is 5.73. The van der Waals surface area contributed by atoms with Gasteiger partial charge in [-0.05, 0) is 30.7 Å². The average molecular weight is 428 g/mol. The number of aromatic amines is 1. The molecule has 0 radical (unpaired) electrons. The normalized spacial score (nSPS) is 12.7. The van der Waals surface area contributed by atoms with Crippen LogP contribution >= 0.6 is 0 Å². The van der Waals surface area contributed by atoms with E-state index in [0.717, 1.165) is 65.0 Å². The zero-order chi connectivity index (χ0) is 21.8.